The Bertz CT molecular complexity index is 972. The first-order valence-electron chi connectivity index (χ1n) is 13.0. The predicted octanol–water partition coefficient (Wildman–Crippen LogP) is 7.96. The van der Waals surface area contributed by atoms with E-state index in [1.807, 2.05) is 6.92 Å². The summed E-state index contributed by atoms with van der Waals surface area (Å²) in [5.74, 6) is 0.145. The Morgan fingerprint density at radius 3 is 2.38 bits per heavy atom. The number of rotatable bonds is 10. The van der Waals surface area contributed by atoms with Gasteiger partial charge in [-0.2, -0.15) is 4.39 Å². The number of unbranched alkanes of at least 4 members (excludes halogenated alkanes) is 2. The van der Waals surface area contributed by atoms with E-state index in [9.17, 15) is 13.6 Å². The van der Waals surface area contributed by atoms with Crippen LogP contribution < -0.4 is 9.47 Å². The van der Waals surface area contributed by atoms with Crippen LogP contribution in [-0.2, 0) is 4.79 Å². The molecule has 34 heavy (non-hydrogen) atoms. The molecule has 0 amide bonds. The first kappa shape index (κ1) is 24.7. The van der Waals surface area contributed by atoms with E-state index < -0.39 is 11.6 Å². The van der Waals surface area contributed by atoms with Crippen molar-refractivity contribution in [3.05, 3.63) is 48.0 Å². The lowest BCUT2D eigenvalue weighted by Crippen LogP contribution is -2.25. The Morgan fingerprint density at radius 2 is 1.65 bits per heavy atom. The average molecular weight is 471 g/mol. The van der Waals surface area contributed by atoms with Crippen molar-refractivity contribution < 1.29 is 23.0 Å². The molecule has 0 N–H and O–H groups in total. The molecule has 5 heteroatoms. The summed E-state index contributed by atoms with van der Waals surface area (Å²) in [5.41, 5.74) is 0.669. The molecule has 4 rings (SSSR count). The van der Waals surface area contributed by atoms with Crippen molar-refractivity contribution in [1.82, 2.24) is 0 Å². The number of esters is 1. The van der Waals surface area contributed by atoms with Crippen molar-refractivity contribution in [2.24, 2.45) is 23.7 Å². The van der Waals surface area contributed by atoms with Gasteiger partial charge in [-0.25, -0.2) is 4.39 Å². The molecule has 3 nitrogen and oxygen atoms in total. The van der Waals surface area contributed by atoms with Crippen molar-refractivity contribution >= 4 is 5.97 Å². The fourth-order valence-corrected chi connectivity index (χ4v) is 6.00. The number of hydrogen-bond donors (Lipinski definition) is 0. The zero-order valence-corrected chi connectivity index (χ0v) is 20.3. The molecule has 4 unspecified atom stereocenters. The van der Waals surface area contributed by atoms with Crippen LogP contribution in [0.15, 0.2) is 36.4 Å². The van der Waals surface area contributed by atoms with Crippen LogP contribution >= 0.6 is 0 Å². The van der Waals surface area contributed by atoms with Gasteiger partial charge in [0.05, 0.1) is 12.5 Å². The van der Waals surface area contributed by atoms with E-state index >= 15 is 0 Å². The number of ether oxygens (including phenoxy) is 2. The van der Waals surface area contributed by atoms with Gasteiger partial charge < -0.3 is 9.47 Å². The van der Waals surface area contributed by atoms with Crippen LogP contribution in [0.3, 0.4) is 0 Å². The Kier molecular flexibility index (Phi) is 8.23. The summed E-state index contributed by atoms with van der Waals surface area (Å²) in [7, 11) is 0. The highest BCUT2D eigenvalue weighted by molar-refractivity contribution is 5.76. The average Bonchev–Trinajstić information content (AvgIpc) is 3.44. The van der Waals surface area contributed by atoms with Crippen molar-refractivity contribution in [2.75, 3.05) is 6.61 Å². The molecule has 0 saturated heterocycles. The van der Waals surface area contributed by atoms with Crippen molar-refractivity contribution in [3.8, 4) is 22.6 Å². The maximum absolute atomic E-state index is 14.6. The number of fused-ring (bicyclic) bond motifs is 1. The summed E-state index contributed by atoms with van der Waals surface area (Å²) >= 11 is 0. The fraction of sp³-hybridized carbons (Fsp3) is 0.552. The second-order valence-corrected chi connectivity index (χ2v) is 9.88. The smallest absolute Gasteiger partial charge is 0.314 e. The standard InChI is InChI=1S/C29H36F2O3/c1-3-5-6-7-19-10-13-24-22(19)14-15-25(24)29(32)34-21-11-8-20(9-12-21)23-16-17-26(33-18-4-2)28(31)27(23)30/h8-9,11-12,16-17,19,22,24-25H,3-7,10,13-15,18H2,1-2H3. The fourth-order valence-electron chi connectivity index (χ4n) is 6.00. The topological polar surface area (TPSA) is 35.5 Å². The van der Waals surface area contributed by atoms with Gasteiger partial charge in [0.2, 0.25) is 5.82 Å². The zero-order chi connectivity index (χ0) is 24.1. The molecule has 2 saturated carbocycles. The van der Waals surface area contributed by atoms with E-state index in [0.29, 0.717) is 36.2 Å². The molecule has 0 spiro atoms. The molecule has 2 fully saturated rings. The summed E-state index contributed by atoms with van der Waals surface area (Å²) < 4.78 is 39.9. The summed E-state index contributed by atoms with van der Waals surface area (Å²) in [6.07, 6.45) is 10.2. The van der Waals surface area contributed by atoms with Crippen LogP contribution in [0.5, 0.6) is 11.5 Å². The van der Waals surface area contributed by atoms with Crippen molar-refractivity contribution in [2.45, 2.75) is 71.6 Å². The van der Waals surface area contributed by atoms with Crippen molar-refractivity contribution in [3.63, 3.8) is 0 Å². The van der Waals surface area contributed by atoms with Gasteiger partial charge >= 0.3 is 5.97 Å². The maximum Gasteiger partial charge on any atom is 0.314 e. The summed E-state index contributed by atoms with van der Waals surface area (Å²) in [4.78, 5) is 13.0. The quantitative estimate of drug-likeness (QED) is 0.201. The predicted molar refractivity (Wildman–Crippen MR) is 130 cm³/mol. The van der Waals surface area contributed by atoms with Crippen molar-refractivity contribution in [1.29, 1.82) is 0 Å². The van der Waals surface area contributed by atoms with Gasteiger partial charge in [-0.1, -0.05) is 51.7 Å². The molecule has 2 aromatic carbocycles. The van der Waals surface area contributed by atoms with Crippen LogP contribution in [0, 0.1) is 35.3 Å². The van der Waals surface area contributed by atoms with Gasteiger partial charge in [0.25, 0.3) is 0 Å². The van der Waals surface area contributed by atoms with E-state index in [1.54, 1.807) is 24.3 Å². The Hall–Kier alpha value is -2.43. The first-order chi connectivity index (χ1) is 16.5. The van der Waals surface area contributed by atoms with Gasteiger partial charge in [-0.15, -0.1) is 0 Å². The minimum atomic E-state index is -0.984. The molecule has 2 aliphatic rings. The Balaban J connectivity index is 1.37. The van der Waals surface area contributed by atoms with Crippen LogP contribution in [-0.4, -0.2) is 12.6 Å². The molecule has 0 aliphatic heterocycles. The molecular formula is C29H36F2O3. The SMILES string of the molecule is CCCCCC1CCC2C(C(=O)Oc3ccc(-c4ccc(OCCC)c(F)c4F)cc3)CCC12. The molecule has 0 heterocycles. The van der Waals surface area contributed by atoms with E-state index in [0.717, 1.165) is 25.2 Å². The molecule has 2 aliphatic carbocycles. The third-order valence-electron chi connectivity index (χ3n) is 7.73. The van der Waals surface area contributed by atoms with Gasteiger partial charge in [0.1, 0.15) is 5.75 Å². The number of carbonyl (C=O) groups excluding carboxylic acids is 1. The van der Waals surface area contributed by atoms with Gasteiger partial charge in [-0.05, 0) is 79.7 Å². The van der Waals surface area contributed by atoms with Crippen LogP contribution in [0.25, 0.3) is 11.1 Å². The summed E-state index contributed by atoms with van der Waals surface area (Å²) in [6, 6.07) is 9.58. The number of hydrogen-bond acceptors (Lipinski definition) is 3. The third kappa shape index (κ3) is 5.29. The van der Waals surface area contributed by atoms with Crippen LogP contribution in [0.4, 0.5) is 8.78 Å². The Morgan fingerprint density at radius 1 is 0.882 bits per heavy atom. The van der Waals surface area contributed by atoms with E-state index in [2.05, 4.69) is 6.92 Å². The zero-order valence-electron chi connectivity index (χ0n) is 20.3. The second kappa shape index (κ2) is 11.3. The normalized spacial score (nSPS) is 23.6. The highest BCUT2D eigenvalue weighted by Crippen LogP contribution is 2.52. The number of halogens is 2. The minimum absolute atomic E-state index is 0.0249. The maximum atomic E-state index is 14.6. The lowest BCUT2D eigenvalue weighted by Gasteiger charge is -2.20. The molecule has 4 atom stereocenters. The monoisotopic (exact) mass is 470 g/mol. The van der Waals surface area contributed by atoms with Gasteiger partial charge in [0.15, 0.2) is 11.6 Å². The Labute approximate surface area is 201 Å². The summed E-state index contributed by atoms with van der Waals surface area (Å²) in [6.45, 7) is 4.47. The second-order valence-electron chi connectivity index (χ2n) is 9.88. The lowest BCUT2D eigenvalue weighted by atomic mass is 9.86. The van der Waals surface area contributed by atoms with E-state index in [4.69, 9.17) is 9.47 Å². The third-order valence-corrected chi connectivity index (χ3v) is 7.73. The molecular weight excluding hydrogens is 434 g/mol. The molecule has 2 aromatic rings. The van der Waals surface area contributed by atoms with Crippen LogP contribution in [0.2, 0.25) is 0 Å². The van der Waals surface area contributed by atoms with Gasteiger partial charge in [-0.3, -0.25) is 4.79 Å². The molecule has 184 valence electrons. The summed E-state index contributed by atoms with van der Waals surface area (Å²) in [5, 5.41) is 0. The number of benzene rings is 2. The van der Waals surface area contributed by atoms with Gasteiger partial charge in [0, 0.05) is 5.56 Å². The molecule has 0 bridgehead atoms. The molecule has 0 aromatic heterocycles. The van der Waals surface area contributed by atoms with Crippen LogP contribution in [0.1, 0.15) is 71.6 Å². The highest BCUT2D eigenvalue weighted by atomic mass is 19.2. The van der Waals surface area contributed by atoms with E-state index in [-0.39, 0.29) is 23.2 Å². The largest absolute Gasteiger partial charge is 0.490 e. The number of carbonyl (C=O) groups is 1. The highest BCUT2D eigenvalue weighted by Gasteiger charge is 2.47. The minimum Gasteiger partial charge on any atom is -0.490 e. The lowest BCUT2D eigenvalue weighted by molar-refractivity contribution is -0.140. The van der Waals surface area contributed by atoms with E-state index in [1.165, 1.54) is 44.2 Å². The first-order valence-corrected chi connectivity index (χ1v) is 13.0. The molecule has 0 radical (unpaired) electrons.